The van der Waals surface area contributed by atoms with E-state index in [-0.39, 0.29) is 18.3 Å². The summed E-state index contributed by atoms with van der Waals surface area (Å²) in [7, 11) is 3.35. The van der Waals surface area contributed by atoms with Crippen LogP contribution in [0.5, 0.6) is 0 Å². The predicted octanol–water partition coefficient (Wildman–Crippen LogP) is 4.03. The van der Waals surface area contributed by atoms with E-state index in [2.05, 4.69) is 15.4 Å². The fraction of sp³-hybridized carbons (Fsp3) is 0.211. The molecule has 4 aromatic rings. The Morgan fingerprint density at radius 1 is 1.41 bits per heavy atom. The Hall–Kier alpha value is -2.84. The molecule has 0 aliphatic heterocycles. The summed E-state index contributed by atoms with van der Waals surface area (Å²) in [6, 6.07) is 6.66. The fourth-order valence-corrected chi connectivity index (χ4v) is 4.31. The number of benzene rings is 1. The van der Waals surface area contributed by atoms with Gasteiger partial charge in [-0.3, -0.25) is 9.48 Å². The number of halogens is 1. The van der Waals surface area contributed by atoms with Crippen LogP contribution in [0, 0.1) is 12.7 Å². The molecule has 4 rings (SSSR count). The van der Waals surface area contributed by atoms with Crippen molar-refractivity contribution in [2.45, 2.75) is 13.5 Å². The first-order chi connectivity index (χ1) is 13.0. The van der Waals surface area contributed by atoms with Crippen LogP contribution in [0.1, 0.15) is 20.9 Å². The number of amides is 1. The lowest BCUT2D eigenvalue weighted by Gasteiger charge is -2.06. The van der Waals surface area contributed by atoms with Gasteiger partial charge in [-0.25, -0.2) is 9.37 Å². The number of carbonyl (C=O) groups is 1. The van der Waals surface area contributed by atoms with Gasteiger partial charge in [-0.1, -0.05) is 6.07 Å². The fourth-order valence-electron chi connectivity index (χ4n) is 3.20. The van der Waals surface area contributed by atoms with E-state index in [0.29, 0.717) is 26.2 Å². The topological polar surface area (TPSA) is 69.0 Å². The van der Waals surface area contributed by atoms with Gasteiger partial charge in [0.2, 0.25) is 0 Å². The van der Waals surface area contributed by atoms with E-state index in [4.69, 9.17) is 4.74 Å². The van der Waals surface area contributed by atoms with Crippen LogP contribution < -0.4 is 5.32 Å². The van der Waals surface area contributed by atoms with Crippen molar-refractivity contribution in [3.8, 4) is 0 Å². The molecule has 3 heterocycles. The van der Waals surface area contributed by atoms with E-state index in [9.17, 15) is 9.18 Å². The molecule has 0 atom stereocenters. The molecule has 0 bridgehead atoms. The minimum atomic E-state index is -0.357. The van der Waals surface area contributed by atoms with Crippen LogP contribution >= 0.6 is 11.3 Å². The Kier molecular flexibility index (Phi) is 4.37. The minimum absolute atomic E-state index is 0.155. The molecular weight excluding hydrogens is 367 g/mol. The maximum Gasteiger partial charge on any atom is 0.266 e. The van der Waals surface area contributed by atoms with Crippen molar-refractivity contribution in [2.24, 2.45) is 7.05 Å². The third-order valence-corrected chi connectivity index (χ3v) is 5.58. The zero-order valence-corrected chi connectivity index (χ0v) is 15.9. The highest BCUT2D eigenvalue weighted by atomic mass is 32.1. The lowest BCUT2D eigenvalue weighted by molar-refractivity contribution is 0.102. The molecule has 27 heavy (non-hydrogen) atoms. The van der Waals surface area contributed by atoms with Crippen molar-refractivity contribution in [2.75, 3.05) is 12.4 Å². The summed E-state index contributed by atoms with van der Waals surface area (Å²) < 4.78 is 21.9. The van der Waals surface area contributed by atoms with Gasteiger partial charge in [0.25, 0.3) is 5.91 Å². The number of carbonyl (C=O) groups excluding carboxylic acids is 1. The van der Waals surface area contributed by atoms with E-state index >= 15 is 0 Å². The number of hydrogen-bond donors (Lipinski definition) is 1. The standard InChI is InChI=1S/C19H17FN4O2S/c1-10-12-7-11(8-21-18(12)24(2)23-10)22-19(25)17-13(9-26-3)16-14(20)5-4-6-15(16)27-17/h4-8H,9H2,1-3H3,(H,22,25). The van der Waals surface area contributed by atoms with Gasteiger partial charge in [0.05, 0.1) is 29.1 Å². The number of anilines is 1. The third-order valence-electron chi connectivity index (χ3n) is 4.38. The molecule has 1 amide bonds. The molecule has 6 nitrogen and oxygen atoms in total. The largest absolute Gasteiger partial charge is 0.380 e. The molecule has 1 N–H and O–H groups in total. The lowest BCUT2D eigenvalue weighted by Crippen LogP contribution is -2.13. The van der Waals surface area contributed by atoms with E-state index in [1.165, 1.54) is 24.5 Å². The number of methoxy groups -OCH3 is 1. The number of ether oxygens (including phenoxy) is 1. The smallest absolute Gasteiger partial charge is 0.266 e. The molecule has 0 aliphatic rings. The van der Waals surface area contributed by atoms with Crippen molar-refractivity contribution >= 4 is 44.1 Å². The number of fused-ring (bicyclic) bond motifs is 2. The van der Waals surface area contributed by atoms with Crippen molar-refractivity contribution in [3.63, 3.8) is 0 Å². The number of thiophene rings is 1. The minimum Gasteiger partial charge on any atom is -0.380 e. The molecule has 0 spiro atoms. The average molecular weight is 384 g/mol. The molecule has 8 heteroatoms. The summed E-state index contributed by atoms with van der Waals surface area (Å²) in [5, 5.41) is 8.50. The van der Waals surface area contributed by atoms with Crippen molar-refractivity contribution in [3.05, 3.63) is 52.4 Å². The monoisotopic (exact) mass is 384 g/mol. The predicted molar refractivity (Wildman–Crippen MR) is 104 cm³/mol. The summed E-state index contributed by atoms with van der Waals surface area (Å²) in [6.07, 6.45) is 1.59. The normalized spacial score (nSPS) is 11.4. The Morgan fingerprint density at radius 3 is 3.00 bits per heavy atom. The van der Waals surface area contributed by atoms with Gasteiger partial charge in [-0.2, -0.15) is 5.10 Å². The van der Waals surface area contributed by atoms with Gasteiger partial charge in [0.15, 0.2) is 5.65 Å². The second kappa shape index (κ2) is 6.71. The highest BCUT2D eigenvalue weighted by molar-refractivity contribution is 7.21. The lowest BCUT2D eigenvalue weighted by atomic mass is 10.1. The van der Waals surface area contributed by atoms with Gasteiger partial charge in [-0.15, -0.1) is 11.3 Å². The molecule has 0 aliphatic carbocycles. The summed E-state index contributed by atoms with van der Waals surface area (Å²) in [4.78, 5) is 17.7. The van der Waals surface area contributed by atoms with Crippen LogP contribution in [0.3, 0.4) is 0 Å². The average Bonchev–Trinajstić information content (AvgIpc) is 3.14. The summed E-state index contributed by atoms with van der Waals surface area (Å²) in [5.41, 5.74) is 2.69. The SMILES string of the molecule is COCc1c(C(=O)Nc2cnc3c(c2)c(C)nn3C)sc2cccc(F)c12. The van der Waals surface area contributed by atoms with Crippen molar-refractivity contribution < 1.29 is 13.9 Å². The second-order valence-electron chi connectivity index (χ2n) is 6.21. The summed E-state index contributed by atoms with van der Waals surface area (Å²) >= 11 is 1.25. The van der Waals surface area contributed by atoms with Gasteiger partial charge < -0.3 is 10.1 Å². The number of nitrogens with zero attached hydrogens (tertiary/aromatic N) is 3. The molecule has 3 aromatic heterocycles. The maximum atomic E-state index is 14.3. The van der Waals surface area contributed by atoms with Crippen LogP contribution in [0.2, 0.25) is 0 Å². The van der Waals surface area contributed by atoms with E-state index < -0.39 is 0 Å². The van der Waals surface area contributed by atoms with E-state index in [0.717, 1.165) is 16.7 Å². The maximum absolute atomic E-state index is 14.3. The Bertz CT molecular complexity index is 1180. The first-order valence-electron chi connectivity index (χ1n) is 8.29. The van der Waals surface area contributed by atoms with Crippen LogP contribution in [0.4, 0.5) is 10.1 Å². The molecule has 0 saturated heterocycles. The Balaban J connectivity index is 1.74. The highest BCUT2D eigenvalue weighted by Gasteiger charge is 2.21. The quantitative estimate of drug-likeness (QED) is 0.577. The third kappa shape index (κ3) is 2.96. The molecule has 0 radical (unpaired) electrons. The first-order valence-corrected chi connectivity index (χ1v) is 9.10. The number of aromatic nitrogens is 3. The molecular formula is C19H17FN4O2S. The number of pyridine rings is 1. The number of hydrogen-bond acceptors (Lipinski definition) is 5. The second-order valence-corrected chi connectivity index (χ2v) is 7.27. The van der Waals surface area contributed by atoms with Gasteiger partial charge in [0.1, 0.15) is 5.82 Å². The molecule has 0 unspecified atom stereocenters. The van der Waals surface area contributed by atoms with Crippen LogP contribution in [0.25, 0.3) is 21.1 Å². The molecule has 138 valence electrons. The van der Waals surface area contributed by atoms with Crippen molar-refractivity contribution in [1.29, 1.82) is 0 Å². The van der Waals surface area contributed by atoms with Gasteiger partial charge in [0, 0.05) is 35.2 Å². The summed E-state index contributed by atoms with van der Waals surface area (Å²) in [6.45, 7) is 2.05. The molecule has 0 fully saturated rings. The zero-order valence-electron chi connectivity index (χ0n) is 15.0. The zero-order chi connectivity index (χ0) is 19.1. The molecule has 0 saturated carbocycles. The van der Waals surface area contributed by atoms with E-state index in [1.54, 1.807) is 23.0 Å². The van der Waals surface area contributed by atoms with Gasteiger partial charge in [-0.05, 0) is 25.1 Å². The van der Waals surface area contributed by atoms with Crippen LogP contribution in [-0.2, 0) is 18.4 Å². The Labute approximate surface area is 158 Å². The number of nitrogens with one attached hydrogen (secondary N) is 1. The van der Waals surface area contributed by atoms with Crippen molar-refractivity contribution in [1.82, 2.24) is 14.8 Å². The summed E-state index contributed by atoms with van der Waals surface area (Å²) in [5.74, 6) is -0.672. The Morgan fingerprint density at radius 2 is 2.22 bits per heavy atom. The van der Waals surface area contributed by atoms with Crippen LogP contribution in [0.15, 0.2) is 30.5 Å². The number of aryl methyl sites for hydroxylation is 2. The number of rotatable bonds is 4. The van der Waals surface area contributed by atoms with Crippen LogP contribution in [-0.4, -0.2) is 27.8 Å². The van der Waals surface area contributed by atoms with Gasteiger partial charge >= 0.3 is 0 Å². The molecule has 1 aromatic carbocycles. The highest BCUT2D eigenvalue weighted by Crippen LogP contribution is 2.34. The first kappa shape index (κ1) is 17.6. The van der Waals surface area contributed by atoms with E-state index in [1.807, 2.05) is 20.0 Å².